The smallest absolute Gasteiger partial charge is 0.340 e. The maximum Gasteiger partial charge on any atom is 0.340 e. The van der Waals surface area contributed by atoms with E-state index in [0.29, 0.717) is 11.3 Å². The summed E-state index contributed by atoms with van der Waals surface area (Å²) in [5.41, 5.74) is 4.00. The average molecular weight is 403 g/mol. The number of hydrazone groups is 1. The van der Waals surface area contributed by atoms with Gasteiger partial charge in [0.05, 0.1) is 37.5 Å². The molecule has 2 aromatic rings. The third kappa shape index (κ3) is 3.65. The van der Waals surface area contributed by atoms with Crippen molar-refractivity contribution in [2.75, 3.05) is 14.2 Å². The Hall–Kier alpha value is -3.46. The number of amides is 1. The fraction of sp³-hybridized carbons (Fsp3) is 0.167. The van der Waals surface area contributed by atoms with Gasteiger partial charge in [-0.15, -0.1) is 0 Å². The molecule has 0 aromatic carbocycles. The highest BCUT2D eigenvalue weighted by Gasteiger charge is 2.28. The summed E-state index contributed by atoms with van der Waals surface area (Å²) in [7, 11) is 2.43. The van der Waals surface area contributed by atoms with E-state index in [9.17, 15) is 14.4 Å². The number of H-pyrrole nitrogens is 1. The van der Waals surface area contributed by atoms with E-state index in [0.717, 1.165) is 0 Å². The Labute approximate surface area is 164 Å². The molecule has 0 atom stereocenters. The minimum absolute atomic E-state index is 0.0376. The number of rotatable bonds is 5. The van der Waals surface area contributed by atoms with Gasteiger partial charge in [-0.1, -0.05) is 11.6 Å². The predicted octanol–water partition coefficient (Wildman–Crippen LogP) is 1.48. The van der Waals surface area contributed by atoms with Crippen LogP contribution in [0.3, 0.4) is 0 Å². The fourth-order valence-corrected chi connectivity index (χ4v) is 2.95. The van der Waals surface area contributed by atoms with Gasteiger partial charge in [-0.2, -0.15) is 5.10 Å². The summed E-state index contributed by atoms with van der Waals surface area (Å²) >= 11 is 6.19. The molecule has 3 heterocycles. The van der Waals surface area contributed by atoms with Crippen molar-refractivity contribution in [3.8, 4) is 0 Å². The lowest BCUT2D eigenvalue weighted by atomic mass is 10.0. The molecule has 144 valence electrons. The zero-order valence-electron chi connectivity index (χ0n) is 14.9. The Bertz CT molecular complexity index is 1010. The van der Waals surface area contributed by atoms with Crippen molar-refractivity contribution >= 4 is 41.2 Å². The van der Waals surface area contributed by atoms with E-state index in [-0.39, 0.29) is 34.0 Å². The lowest BCUT2D eigenvalue weighted by Gasteiger charge is -2.05. The van der Waals surface area contributed by atoms with E-state index in [1.807, 2.05) is 0 Å². The standard InChI is InChI=1S/C18H15ClN4O5/c1-27-13(24)7-10-14(18(26)28-2)12(21-16(10)19)6-11-15(22-23-17(11)25)9-4-3-5-20-8-9/h3-6,8,21H,7H2,1-2H3,(H,23,25)/b11-6+. The third-order valence-electron chi connectivity index (χ3n) is 4.01. The number of aromatic amines is 1. The van der Waals surface area contributed by atoms with Gasteiger partial charge in [0.1, 0.15) is 10.9 Å². The average Bonchev–Trinajstić information content (AvgIpc) is 3.22. The van der Waals surface area contributed by atoms with E-state index in [1.165, 1.54) is 20.3 Å². The van der Waals surface area contributed by atoms with E-state index in [2.05, 4.69) is 25.2 Å². The van der Waals surface area contributed by atoms with Crippen LogP contribution in [0.5, 0.6) is 0 Å². The molecule has 0 saturated carbocycles. The highest BCUT2D eigenvalue weighted by Crippen LogP contribution is 2.28. The molecule has 2 N–H and O–H groups in total. The number of aromatic nitrogens is 2. The topological polar surface area (TPSA) is 123 Å². The van der Waals surface area contributed by atoms with Crippen LogP contribution < -0.4 is 5.43 Å². The number of hydrogen-bond acceptors (Lipinski definition) is 7. The summed E-state index contributed by atoms with van der Waals surface area (Å²) in [6, 6.07) is 3.45. The summed E-state index contributed by atoms with van der Waals surface area (Å²) in [4.78, 5) is 43.1. The molecule has 0 aliphatic carbocycles. The first-order chi connectivity index (χ1) is 13.5. The van der Waals surface area contributed by atoms with Crippen LogP contribution in [0.15, 0.2) is 35.2 Å². The third-order valence-corrected chi connectivity index (χ3v) is 4.33. The monoisotopic (exact) mass is 402 g/mol. The maximum atomic E-state index is 12.3. The lowest BCUT2D eigenvalue weighted by Crippen LogP contribution is -2.14. The number of hydrogen-bond donors (Lipinski definition) is 2. The van der Waals surface area contributed by atoms with Crippen LogP contribution in [0.2, 0.25) is 5.15 Å². The van der Waals surface area contributed by atoms with Gasteiger partial charge in [-0.05, 0) is 18.2 Å². The van der Waals surface area contributed by atoms with Gasteiger partial charge in [0.2, 0.25) is 0 Å². The van der Waals surface area contributed by atoms with Gasteiger partial charge < -0.3 is 14.5 Å². The summed E-state index contributed by atoms with van der Waals surface area (Å²) in [6.45, 7) is 0. The second-order valence-corrected chi connectivity index (χ2v) is 6.03. The first-order valence-electron chi connectivity index (χ1n) is 8.02. The quantitative estimate of drug-likeness (QED) is 0.577. The minimum Gasteiger partial charge on any atom is -0.469 e. The number of esters is 2. The number of nitrogens with zero attached hydrogens (tertiary/aromatic N) is 2. The molecule has 0 radical (unpaired) electrons. The van der Waals surface area contributed by atoms with Crippen molar-refractivity contribution in [3.63, 3.8) is 0 Å². The Morgan fingerprint density at radius 1 is 1.29 bits per heavy atom. The number of pyridine rings is 1. The zero-order valence-corrected chi connectivity index (χ0v) is 15.7. The molecule has 10 heteroatoms. The van der Waals surface area contributed by atoms with Crippen LogP contribution in [0, 0.1) is 0 Å². The largest absolute Gasteiger partial charge is 0.469 e. The normalized spacial score (nSPS) is 14.6. The van der Waals surface area contributed by atoms with Crippen LogP contribution in [0.25, 0.3) is 6.08 Å². The molecule has 0 saturated heterocycles. The molecule has 0 spiro atoms. The summed E-state index contributed by atoms with van der Waals surface area (Å²) in [5, 5.41) is 4.09. The maximum absolute atomic E-state index is 12.3. The van der Waals surface area contributed by atoms with E-state index in [4.69, 9.17) is 16.3 Å². The molecule has 1 aliphatic rings. The first kappa shape index (κ1) is 19.3. The predicted molar refractivity (Wildman–Crippen MR) is 99.8 cm³/mol. The second-order valence-electron chi connectivity index (χ2n) is 5.65. The van der Waals surface area contributed by atoms with Gasteiger partial charge in [0.25, 0.3) is 5.91 Å². The molecule has 3 rings (SSSR count). The number of methoxy groups -OCH3 is 2. The van der Waals surface area contributed by atoms with E-state index in [1.54, 1.807) is 24.5 Å². The Kier molecular flexibility index (Phi) is 5.55. The van der Waals surface area contributed by atoms with Gasteiger partial charge in [0.15, 0.2) is 0 Å². The van der Waals surface area contributed by atoms with Gasteiger partial charge in [0, 0.05) is 23.5 Å². The van der Waals surface area contributed by atoms with Crippen molar-refractivity contribution in [2.24, 2.45) is 5.10 Å². The molecule has 9 nitrogen and oxygen atoms in total. The van der Waals surface area contributed by atoms with Gasteiger partial charge in [-0.25, -0.2) is 10.2 Å². The second kappa shape index (κ2) is 8.05. The van der Waals surface area contributed by atoms with E-state index < -0.39 is 17.8 Å². The molecule has 0 fully saturated rings. The highest BCUT2D eigenvalue weighted by molar-refractivity contribution is 6.34. The first-order valence-corrected chi connectivity index (χ1v) is 8.40. The molecule has 2 aromatic heterocycles. The molecule has 1 aliphatic heterocycles. The number of halogens is 1. The Balaban J connectivity index is 2.11. The molecular weight excluding hydrogens is 388 g/mol. The van der Waals surface area contributed by atoms with Crippen molar-refractivity contribution in [2.45, 2.75) is 6.42 Å². The molecule has 0 bridgehead atoms. The number of carbonyl (C=O) groups is 3. The van der Waals surface area contributed by atoms with Crippen LogP contribution in [0.4, 0.5) is 0 Å². The SMILES string of the molecule is COC(=O)Cc1c(Cl)[nH]c(/C=C2/C(=O)NN=C2c2cccnc2)c1C(=O)OC. The van der Waals surface area contributed by atoms with Crippen LogP contribution in [0.1, 0.15) is 27.2 Å². The summed E-state index contributed by atoms with van der Waals surface area (Å²) in [5.74, 6) is -1.76. The summed E-state index contributed by atoms with van der Waals surface area (Å²) < 4.78 is 9.45. The highest BCUT2D eigenvalue weighted by atomic mass is 35.5. The molecular formula is C18H15ClN4O5. The van der Waals surface area contributed by atoms with Gasteiger partial charge >= 0.3 is 11.9 Å². The van der Waals surface area contributed by atoms with Crippen LogP contribution in [-0.2, 0) is 25.5 Å². The van der Waals surface area contributed by atoms with Crippen molar-refractivity contribution < 1.29 is 23.9 Å². The minimum atomic E-state index is -0.716. The Morgan fingerprint density at radius 3 is 2.71 bits per heavy atom. The van der Waals surface area contributed by atoms with Crippen molar-refractivity contribution in [1.82, 2.24) is 15.4 Å². The molecule has 28 heavy (non-hydrogen) atoms. The van der Waals surface area contributed by atoms with Crippen LogP contribution in [-0.4, -0.2) is 47.7 Å². The zero-order chi connectivity index (χ0) is 20.3. The lowest BCUT2D eigenvalue weighted by molar-refractivity contribution is -0.139. The fourth-order valence-electron chi connectivity index (χ4n) is 2.69. The van der Waals surface area contributed by atoms with E-state index >= 15 is 0 Å². The number of carbonyl (C=O) groups excluding carboxylic acids is 3. The van der Waals surface area contributed by atoms with Gasteiger partial charge in [-0.3, -0.25) is 14.6 Å². The van der Waals surface area contributed by atoms with Crippen molar-refractivity contribution in [1.29, 1.82) is 0 Å². The molecule has 1 amide bonds. The van der Waals surface area contributed by atoms with Crippen molar-refractivity contribution in [3.05, 3.63) is 57.6 Å². The number of ether oxygens (including phenoxy) is 2. The number of nitrogens with one attached hydrogen (secondary N) is 2. The Morgan fingerprint density at radius 2 is 2.07 bits per heavy atom. The summed E-state index contributed by atoms with van der Waals surface area (Å²) in [6.07, 6.45) is 4.33. The van der Waals surface area contributed by atoms with Crippen LogP contribution >= 0.6 is 11.6 Å². The molecule has 0 unspecified atom stereocenters.